The lowest BCUT2D eigenvalue weighted by molar-refractivity contribution is 0.128. The average Bonchev–Trinajstić information content (AvgIpc) is 3.39. The quantitative estimate of drug-likeness (QED) is 0.182. The number of nitrogens with zero attached hydrogens (tertiary/aromatic N) is 1. The van der Waals surface area contributed by atoms with E-state index in [-0.39, 0.29) is 36.0 Å². The van der Waals surface area contributed by atoms with E-state index in [0.717, 1.165) is 51.6 Å². The molecule has 0 spiro atoms. The fourth-order valence-electron chi connectivity index (χ4n) is 4.01. The minimum Gasteiger partial charge on any atom is -0.396 e. The van der Waals surface area contributed by atoms with E-state index in [0.29, 0.717) is 5.41 Å². The number of rotatable bonds is 11. The minimum atomic E-state index is 0. The number of aliphatic imine (C=N–C) groups is 1. The van der Waals surface area contributed by atoms with Crippen LogP contribution in [0.25, 0.3) is 0 Å². The normalized spacial score (nSPS) is 21.0. The second-order valence-electron chi connectivity index (χ2n) is 8.03. The van der Waals surface area contributed by atoms with Gasteiger partial charge in [0.1, 0.15) is 0 Å². The lowest BCUT2D eigenvalue weighted by Crippen LogP contribution is -2.41. The van der Waals surface area contributed by atoms with E-state index in [9.17, 15) is 5.11 Å². The number of aliphatic hydroxyl groups is 1. The van der Waals surface area contributed by atoms with Crippen molar-refractivity contribution < 1.29 is 9.84 Å². The molecule has 154 valence electrons. The maximum absolute atomic E-state index is 9.48. The highest BCUT2D eigenvalue weighted by atomic mass is 127. The molecule has 2 rings (SSSR count). The minimum absolute atomic E-state index is 0. The Kier molecular flexibility index (Phi) is 11.4. The molecule has 2 fully saturated rings. The molecule has 2 aliphatic carbocycles. The second kappa shape index (κ2) is 12.4. The fraction of sp³-hybridized carbons (Fsp3) is 0.950. The van der Waals surface area contributed by atoms with Crippen LogP contribution in [0.4, 0.5) is 0 Å². The molecule has 2 saturated carbocycles. The van der Waals surface area contributed by atoms with Crippen LogP contribution in [-0.4, -0.2) is 50.5 Å². The summed E-state index contributed by atoms with van der Waals surface area (Å²) in [5, 5.41) is 16.4. The van der Waals surface area contributed by atoms with E-state index in [1.165, 1.54) is 44.9 Å². The molecule has 5 nitrogen and oxygen atoms in total. The van der Waals surface area contributed by atoms with E-state index in [1.807, 2.05) is 0 Å². The highest BCUT2D eigenvalue weighted by molar-refractivity contribution is 14.0. The van der Waals surface area contributed by atoms with E-state index in [2.05, 4.69) is 24.5 Å². The van der Waals surface area contributed by atoms with Gasteiger partial charge in [-0.15, -0.1) is 24.0 Å². The molecular weight excluding hydrogens is 441 g/mol. The molecule has 0 unspecified atom stereocenters. The van der Waals surface area contributed by atoms with Crippen molar-refractivity contribution in [2.24, 2.45) is 15.8 Å². The zero-order chi connectivity index (χ0) is 18.0. The number of halogens is 1. The van der Waals surface area contributed by atoms with Crippen molar-refractivity contribution in [2.45, 2.75) is 71.6 Å². The van der Waals surface area contributed by atoms with Gasteiger partial charge in [-0.3, -0.25) is 4.99 Å². The van der Waals surface area contributed by atoms with Crippen LogP contribution in [0.2, 0.25) is 0 Å². The Labute approximate surface area is 177 Å². The van der Waals surface area contributed by atoms with Gasteiger partial charge in [-0.05, 0) is 63.2 Å². The molecule has 0 aromatic heterocycles. The van der Waals surface area contributed by atoms with Gasteiger partial charge >= 0.3 is 0 Å². The third-order valence-corrected chi connectivity index (χ3v) is 6.04. The third kappa shape index (κ3) is 7.89. The maximum atomic E-state index is 9.48. The molecule has 0 amide bonds. The maximum Gasteiger partial charge on any atom is 0.191 e. The van der Waals surface area contributed by atoms with Gasteiger partial charge in [0.25, 0.3) is 0 Å². The smallest absolute Gasteiger partial charge is 0.191 e. The molecule has 0 atom stereocenters. The molecule has 0 aromatic carbocycles. The summed E-state index contributed by atoms with van der Waals surface area (Å²) in [7, 11) is 0. The predicted octanol–water partition coefficient (Wildman–Crippen LogP) is 3.70. The van der Waals surface area contributed by atoms with E-state index in [4.69, 9.17) is 9.73 Å². The van der Waals surface area contributed by atoms with Gasteiger partial charge in [-0.25, -0.2) is 0 Å². The van der Waals surface area contributed by atoms with E-state index in [1.54, 1.807) is 0 Å². The van der Waals surface area contributed by atoms with Crippen LogP contribution in [-0.2, 0) is 4.74 Å². The van der Waals surface area contributed by atoms with Crippen LogP contribution in [0.3, 0.4) is 0 Å². The Balaban J connectivity index is 0.00000338. The van der Waals surface area contributed by atoms with E-state index < -0.39 is 0 Å². The molecular formula is C20H40IN3O2. The zero-order valence-corrected chi connectivity index (χ0v) is 19.1. The second-order valence-corrected chi connectivity index (χ2v) is 8.03. The lowest BCUT2D eigenvalue weighted by atomic mass is 9.72. The Morgan fingerprint density at radius 1 is 1.00 bits per heavy atom. The standard InChI is InChI=1S/C20H39N3O2.HI/c1-3-21-18(23-17-20(10-11-20)13-15-25-4-2)22-16-19(12-14-24)8-6-5-7-9-19;/h24H,3-17H2,1-2H3,(H2,21,22,23);1H. The van der Waals surface area contributed by atoms with Crippen LogP contribution in [0.1, 0.15) is 71.6 Å². The Morgan fingerprint density at radius 2 is 1.73 bits per heavy atom. The highest BCUT2D eigenvalue weighted by Gasteiger charge is 2.42. The first kappa shape index (κ1) is 24.0. The van der Waals surface area contributed by atoms with Gasteiger partial charge in [0.2, 0.25) is 0 Å². The Bertz CT molecular complexity index is 402. The summed E-state index contributed by atoms with van der Waals surface area (Å²) < 4.78 is 5.53. The van der Waals surface area contributed by atoms with Gasteiger partial charge in [0.05, 0.1) is 0 Å². The summed E-state index contributed by atoms with van der Waals surface area (Å²) in [5.41, 5.74) is 0.626. The molecule has 0 aromatic rings. The van der Waals surface area contributed by atoms with Crippen LogP contribution < -0.4 is 10.6 Å². The van der Waals surface area contributed by atoms with Gasteiger partial charge in [0, 0.05) is 39.5 Å². The molecule has 3 N–H and O–H groups in total. The predicted molar refractivity (Wildman–Crippen MR) is 119 cm³/mol. The van der Waals surface area contributed by atoms with Crippen molar-refractivity contribution >= 4 is 29.9 Å². The topological polar surface area (TPSA) is 65.9 Å². The summed E-state index contributed by atoms with van der Waals surface area (Å²) in [6.07, 6.45) is 10.9. The summed E-state index contributed by atoms with van der Waals surface area (Å²) in [5.74, 6) is 0.938. The number of hydrogen-bond donors (Lipinski definition) is 3. The van der Waals surface area contributed by atoms with Gasteiger partial charge in [-0.1, -0.05) is 19.3 Å². The lowest BCUT2D eigenvalue weighted by Gasteiger charge is -2.35. The van der Waals surface area contributed by atoms with Crippen molar-refractivity contribution in [3.05, 3.63) is 0 Å². The van der Waals surface area contributed by atoms with Crippen molar-refractivity contribution in [2.75, 3.05) is 39.5 Å². The van der Waals surface area contributed by atoms with Crippen LogP contribution in [0.5, 0.6) is 0 Å². The van der Waals surface area contributed by atoms with Crippen molar-refractivity contribution in [1.82, 2.24) is 10.6 Å². The molecule has 0 aliphatic heterocycles. The summed E-state index contributed by atoms with van der Waals surface area (Å²) >= 11 is 0. The first-order valence-electron chi connectivity index (χ1n) is 10.4. The molecule has 0 heterocycles. The zero-order valence-electron chi connectivity index (χ0n) is 16.8. The third-order valence-electron chi connectivity index (χ3n) is 6.04. The summed E-state index contributed by atoms with van der Waals surface area (Å²) in [6, 6.07) is 0. The van der Waals surface area contributed by atoms with Gasteiger partial charge < -0.3 is 20.5 Å². The number of ether oxygens (including phenoxy) is 1. The average molecular weight is 481 g/mol. The fourth-order valence-corrected chi connectivity index (χ4v) is 4.01. The first-order valence-corrected chi connectivity index (χ1v) is 10.4. The number of aliphatic hydroxyl groups excluding tert-OH is 1. The van der Waals surface area contributed by atoms with Crippen LogP contribution in [0, 0.1) is 10.8 Å². The van der Waals surface area contributed by atoms with Crippen molar-refractivity contribution in [1.29, 1.82) is 0 Å². The first-order chi connectivity index (χ1) is 12.2. The van der Waals surface area contributed by atoms with Crippen molar-refractivity contribution in [3.8, 4) is 0 Å². The molecule has 0 radical (unpaired) electrons. The molecule has 26 heavy (non-hydrogen) atoms. The Hall–Kier alpha value is -0.0800. The molecule has 2 aliphatic rings. The van der Waals surface area contributed by atoms with Gasteiger partial charge in [0.15, 0.2) is 5.96 Å². The monoisotopic (exact) mass is 481 g/mol. The van der Waals surface area contributed by atoms with Crippen LogP contribution >= 0.6 is 24.0 Å². The van der Waals surface area contributed by atoms with Crippen LogP contribution in [0.15, 0.2) is 4.99 Å². The van der Waals surface area contributed by atoms with E-state index >= 15 is 0 Å². The summed E-state index contributed by atoms with van der Waals surface area (Å²) in [6.45, 7) is 8.81. The number of nitrogens with one attached hydrogen (secondary N) is 2. The molecule has 0 saturated heterocycles. The number of guanidine groups is 1. The molecule has 6 heteroatoms. The molecule has 0 bridgehead atoms. The SMILES string of the molecule is CCNC(=NCC1(CCO)CCCCC1)NCC1(CCOCC)CC1.I. The van der Waals surface area contributed by atoms with Crippen molar-refractivity contribution in [3.63, 3.8) is 0 Å². The van der Waals surface area contributed by atoms with Gasteiger partial charge in [-0.2, -0.15) is 0 Å². The Morgan fingerprint density at radius 3 is 2.31 bits per heavy atom. The largest absolute Gasteiger partial charge is 0.396 e. The highest BCUT2D eigenvalue weighted by Crippen LogP contribution is 2.48. The summed E-state index contributed by atoms with van der Waals surface area (Å²) in [4.78, 5) is 4.91. The number of hydrogen-bond acceptors (Lipinski definition) is 3.